The van der Waals surface area contributed by atoms with Gasteiger partial charge in [-0.25, -0.2) is 0 Å². The highest BCUT2D eigenvalue weighted by Gasteiger charge is 2.06. The van der Waals surface area contributed by atoms with Crippen molar-refractivity contribution in [3.63, 3.8) is 0 Å². The van der Waals surface area contributed by atoms with Crippen LogP contribution in [0.5, 0.6) is 0 Å². The molecule has 0 saturated heterocycles. The van der Waals surface area contributed by atoms with Gasteiger partial charge in [0, 0.05) is 11.8 Å². The molecule has 0 unspecified atom stereocenters. The summed E-state index contributed by atoms with van der Waals surface area (Å²) in [5.41, 5.74) is 1.26. The molecule has 2 aromatic rings. The average molecular weight is 246 g/mol. The second-order valence-electron chi connectivity index (χ2n) is 3.92. The number of carbonyl (C=O) groups excluding carboxylic acids is 1. The number of ketones is 1. The molecule has 0 bridgehead atoms. The maximum absolute atomic E-state index is 11.1. The van der Waals surface area contributed by atoms with E-state index >= 15 is 0 Å². The number of furan rings is 1. The first-order valence-electron chi connectivity index (χ1n) is 5.44. The Kier molecular flexibility index (Phi) is 3.69. The van der Waals surface area contributed by atoms with Gasteiger partial charge in [0.25, 0.3) is 0 Å². The highest BCUT2D eigenvalue weighted by atomic mass is 32.2. The Balaban J connectivity index is 1.97. The Bertz CT molecular complexity index is 511. The molecule has 1 heterocycles. The predicted octanol–water partition coefficient (Wildman–Crippen LogP) is 4.08. The molecule has 17 heavy (non-hydrogen) atoms. The van der Waals surface area contributed by atoms with E-state index in [1.807, 2.05) is 6.07 Å². The molecular weight excluding hydrogens is 232 g/mol. The van der Waals surface area contributed by atoms with Gasteiger partial charge in [0.05, 0.1) is 5.75 Å². The molecule has 0 fully saturated rings. The second-order valence-corrected chi connectivity index (χ2v) is 4.97. The van der Waals surface area contributed by atoms with E-state index in [-0.39, 0.29) is 5.78 Å². The molecule has 0 N–H and O–H groups in total. The molecule has 0 spiro atoms. The van der Waals surface area contributed by atoms with E-state index in [4.69, 9.17) is 4.42 Å². The standard InChI is InChI=1S/C14H14O2S/c1-10-3-6-13(7-4-10)17-9-12-5-8-14(16-12)11(2)15/h3-8H,9H2,1-2H3. The summed E-state index contributed by atoms with van der Waals surface area (Å²) in [7, 11) is 0. The molecule has 3 heteroatoms. The molecular formula is C14H14O2S. The van der Waals surface area contributed by atoms with Gasteiger partial charge in [-0.2, -0.15) is 0 Å². The lowest BCUT2D eigenvalue weighted by Gasteiger charge is -1.99. The van der Waals surface area contributed by atoms with Crippen molar-refractivity contribution in [2.45, 2.75) is 24.5 Å². The van der Waals surface area contributed by atoms with Gasteiger partial charge in [-0.15, -0.1) is 11.8 Å². The van der Waals surface area contributed by atoms with Crippen molar-refractivity contribution >= 4 is 17.5 Å². The predicted molar refractivity (Wildman–Crippen MR) is 69.5 cm³/mol. The van der Waals surface area contributed by atoms with Gasteiger partial charge in [-0.1, -0.05) is 17.7 Å². The van der Waals surface area contributed by atoms with Crippen molar-refractivity contribution < 1.29 is 9.21 Å². The van der Waals surface area contributed by atoms with E-state index in [9.17, 15) is 4.79 Å². The molecule has 2 nitrogen and oxygen atoms in total. The van der Waals surface area contributed by atoms with E-state index < -0.39 is 0 Å². The summed E-state index contributed by atoms with van der Waals surface area (Å²) in [5.74, 6) is 1.98. The maximum Gasteiger partial charge on any atom is 0.194 e. The van der Waals surface area contributed by atoms with Crippen LogP contribution >= 0.6 is 11.8 Å². The minimum atomic E-state index is -0.0309. The Labute approximate surface area is 105 Å². The minimum absolute atomic E-state index is 0.0309. The topological polar surface area (TPSA) is 30.2 Å². The number of hydrogen-bond donors (Lipinski definition) is 0. The zero-order valence-electron chi connectivity index (χ0n) is 9.90. The molecule has 0 amide bonds. The molecule has 0 aliphatic carbocycles. The zero-order chi connectivity index (χ0) is 12.3. The molecule has 88 valence electrons. The number of aryl methyl sites for hydroxylation is 1. The van der Waals surface area contributed by atoms with Crippen molar-refractivity contribution in [3.05, 3.63) is 53.5 Å². The third-order valence-corrected chi connectivity index (χ3v) is 3.45. The van der Waals surface area contributed by atoms with Crippen LogP contribution in [-0.2, 0) is 5.75 Å². The van der Waals surface area contributed by atoms with Crippen LogP contribution in [0.4, 0.5) is 0 Å². The molecule has 0 atom stereocenters. The lowest BCUT2D eigenvalue weighted by atomic mass is 10.2. The average Bonchev–Trinajstić information content (AvgIpc) is 2.77. The van der Waals surface area contributed by atoms with Crippen LogP contribution in [0.15, 0.2) is 45.7 Å². The molecule has 1 aromatic carbocycles. The Morgan fingerprint density at radius 2 is 1.88 bits per heavy atom. The number of carbonyl (C=O) groups is 1. The molecule has 2 rings (SSSR count). The van der Waals surface area contributed by atoms with Crippen LogP contribution in [0, 0.1) is 6.92 Å². The lowest BCUT2D eigenvalue weighted by molar-refractivity contribution is 0.0986. The van der Waals surface area contributed by atoms with Gasteiger partial charge < -0.3 is 4.42 Å². The summed E-state index contributed by atoms with van der Waals surface area (Å²) in [6.45, 7) is 3.58. The van der Waals surface area contributed by atoms with Crippen LogP contribution in [0.25, 0.3) is 0 Å². The van der Waals surface area contributed by atoms with Crippen molar-refractivity contribution in [1.82, 2.24) is 0 Å². The summed E-state index contributed by atoms with van der Waals surface area (Å²) in [6.07, 6.45) is 0. The number of hydrogen-bond acceptors (Lipinski definition) is 3. The Morgan fingerprint density at radius 3 is 2.47 bits per heavy atom. The van der Waals surface area contributed by atoms with Gasteiger partial charge >= 0.3 is 0 Å². The fourth-order valence-corrected chi connectivity index (χ4v) is 2.23. The van der Waals surface area contributed by atoms with Crippen LogP contribution in [0.1, 0.15) is 28.8 Å². The monoisotopic (exact) mass is 246 g/mol. The summed E-state index contributed by atoms with van der Waals surface area (Å²) < 4.78 is 5.42. The molecule has 0 aliphatic rings. The maximum atomic E-state index is 11.1. The normalized spacial score (nSPS) is 10.5. The first-order chi connectivity index (χ1) is 8.15. The molecule has 0 saturated carbocycles. The molecule has 1 aromatic heterocycles. The summed E-state index contributed by atoms with van der Waals surface area (Å²) in [4.78, 5) is 12.3. The van der Waals surface area contributed by atoms with E-state index in [0.717, 1.165) is 11.5 Å². The number of Topliss-reactive ketones (excluding diaryl/α,β-unsaturated/α-hetero) is 1. The summed E-state index contributed by atoms with van der Waals surface area (Å²) in [6, 6.07) is 12.0. The van der Waals surface area contributed by atoms with Gasteiger partial charge in [0.15, 0.2) is 11.5 Å². The quantitative estimate of drug-likeness (QED) is 0.601. The number of thioether (sulfide) groups is 1. The van der Waals surface area contributed by atoms with Crippen LogP contribution in [0.3, 0.4) is 0 Å². The van der Waals surface area contributed by atoms with Crippen LogP contribution < -0.4 is 0 Å². The van der Waals surface area contributed by atoms with Crippen LogP contribution in [0.2, 0.25) is 0 Å². The SMILES string of the molecule is CC(=O)c1ccc(CSc2ccc(C)cc2)o1. The van der Waals surface area contributed by atoms with E-state index in [2.05, 4.69) is 31.2 Å². The minimum Gasteiger partial charge on any atom is -0.457 e. The highest BCUT2D eigenvalue weighted by Crippen LogP contribution is 2.24. The van der Waals surface area contributed by atoms with Gasteiger partial charge in [-0.3, -0.25) is 4.79 Å². The van der Waals surface area contributed by atoms with Gasteiger partial charge in [-0.05, 0) is 31.2 Å². The largest absolute Gasteiger partial charge is 0.457 e. The van der Waals surface area contributed by atoms with Gasteiger partial charge in [0.1, 0.15) is 5.76 Å². The fourth-order valence-electron chi connectivity index (χ4n) is 1.43. The fraction of sp³-hybridized carbons (Fsp3) is 0.214. The summed E-state index contributed by atoms with van der Waals surface area (Å²) >= 11 is 1.70. The van der Waals surface area contributed by atoms with Crippen molar-refractivity contribution in [2.24, 2.45) is 0 Å². The first kappa shape index (κ1) is 12.0. The van der Waals surface area contributed by atoms with E-state index in [1.165, 1.54) is 17.4 Å². The van der Waals surface area contributed by atoms with Crippen molar-refractivity contribution in [3.8, 4) is 0 Å². The Hall–Kier alpha value is -1.48. The zero-order valence-corrected chi connectivity index (χ0v) is 10.7. The number of benzene rings is 1. The van der Waals surface area contributed by atoms with E-state index in [1.54, 1.807) is 17.8 Å². The third-order valence-electron chi connectivity index (χ3n) is 2.41. The first-order valence-corrected chi connectivity index (χ1v) is 6.43. The Morgan fingerprint density at radius 1 is 1.18 bits per heavy atom. The van der Waals surface area contributed by atoms with E-state index in [0.29, 0.717) is 5.76 Å². The summed E-state index contributed by atoms with van der Waals surface area (Å²) in [5, 5.41) is 0. The van der Waals surface area contributed by atoms with Crippen molar-refractivity contribution in [1.29, 1.82) is 0 Å². The number of rotatable bonds is 4. The molecule has 0 aliphatic heterocycles. The van der Waals surface area contributed by atoms with Crippen molar-refractivity contribution in [2.75, 3.05) is 0 Å². The van der Waals surface area contributed by atoms with Crippen LogP contribution in [-0.4, -0.2) is 5.78 Å². The lowest BCUT2D eigenvalue weighted by Crippen LogP contribution is -1.86. The smallest absolute Gasteiger partial charge is 0.194 e. The molecule has 0 radical (unpaired) electrons. The van der Waals surface area contributed by atoms with Gasteiger partial charge in [0.2, 0.25) is 0 Å². The third kappa shape index (κ3) is 3.24. The second kappa shape index (κ2) is 5.23. The highest BCUT2D eigenvalue weighted by molar-refractivity contribution is 7.98.